The molecule has 10 aromatic rings. The Bertz CT molecular complexity index is 2850. The molecule has 0 saturated carbocycles. The van der Waals surface area contributed by atoms with E-state index in [1.165, 1.54) is 79.4 Å². The summed E-state index contributed by atoms with van der Waals surface area (Å²) in [7, 11) is 0. The van der Waals surface area contributed by atoms with E-state index in [9.17, 15) is 0 Å². The van der Waals surface area contributed by atoms with Crippen LogP contribution in [0.1, 0.15) is 0 Å². The Kier molecular flexibility index (Phi) is 7.26. The highest BCUT2D eigenvalue weighted by Gasteiger charge is 2.21. The van der Waals surface area contributed by atoms with Gasteiger partial charge in [0, 0.05) is 57.3 Å². The van der Waals surface area contributed by atoms with Crippen molar-refractivity contribution in [2.45, 2.75) is 0 Å². The van der Waals surface area contributed by atoms with Crippen molar-refractivity contribution < 1.29 is 0 Å². The summed E-state index contributed by atoms with van der Waals surface area (Å²) in [6, 6.07) is 68.6. The molecule has 0 N–H and O–H groups in total. The maximum atomic E-state index is 2.46. The van der Waals surface area contributed by atoms with Crippen molar-refractivity contribution in [3.8, 4) is 33.4 Å². The van der Waals surface area contributed by atoms with Crippen molar-refractivity contribution in [3.05, 3.63) is 188 Å². The van der Waals surface area contributed by atoms with E-state index in [-0.39, 0.29) is 0 Å². The number of hydrogen-bond acceptors (Lipinski definition) is 3. The molecule has 240 valence electrons. The van der Waals surface area contributed by atoms with E-state index in [1.54, 1.807) is 0 Å². The lowest BCUT2D eigenvalue weighted by Crippen LogP contribution is -2.10. The fraction of sp³-hybridized carbons (Fsp3) is 0. The lowest BCUT2D eigenvalue weighted by atomic mass is 9.92. The second kappa shape index (κ2) is 12.4. The molecule has 0 spiro atoms. The van der Waals surface area contributed by atoms with E-state index < -0.39 is 0 Å². The van der Waals surface area contributed by atoms with Crippen LogP contribution in [0, 0.1) is 0 Å². The van der Waals surface area contributed by atoms with Gasteiger partial charge in [0.2, 0.25) is 0 Å². The highest BCUT2D eigenvalue weighted by molar-refractivity contribution is 7.26. The van der Waals surface area contributed by atoms with Gasteiger partial charge in [0.1, 0.15) is 0 Å². The molecule has 0 unspecified atom stereocenters. The molecular formula is C48H31NS2. The molecule has 0 fully saturated rings. The summed E-state index contributed by atoms with van der Waals surface area (Å²) in [4.78, 5) is 2.46. The van der Waals surface area contributed by atoms with E-state index >= 15 is 0 Å². The molecule has 51 heavy (non-hydrogen) atoms. The summed E-state index contributed by atoms with van der Waals surface area (Å²) in [5, 5.41) is 5.19. The summed E-state index contributed by atoms with van der Waals surface area (Å²) in [5.41, 5.74) is 10.8. The molecule has 8 aromatic carbocycles. The molecule has 1 nitrogen and oxygen atoms in total. The fourth-order valence-corrected chi connectivity index (χ4v) is 9.88. The maximum absolute atomic E-state index is 2.46. The third kappa shape index (κ3) is 5.13. The minimum Gasteiger partial charge on any atom is -0.310 e. The van der Waals surface area contributed by atoms with Crippen LogP contribution in [0.5, 0.6) is 0 Å². The molecule has 0 atom stereocenters. The van der Waals surface area contributed by atoms with Gasteiger partial charge in [-0.05, 0) is 76.3 Å². The monoisotopic (exact) mass is 685 g/mol. The minimum atomic E-state index is 1.12. The van der Waals surface area contributed by atoms with Crippen LogP contribution in [-0.4, -0.2) is 0 Å². The molecular weight excluding hydrogens is 655 g/mol. The van der Waals surface area contributed by atoms with Gasteiger partial charge >= 0.3 is 0 Å². The van der Waals surface area contributed by atoms with Gasteiger partial charge in [-0.2, -0.15) is 0 Å². The Balaban J connectivity index is 1.24. The number of rotatable bonds is 6. The predicted molar refractivity (Wildman–Crippen MR) is 223 cm³/mol. The minimum absolute atomic E-state index is 1.12. The first-order valence-corrected chi connectivity index (χ1v) is 18.9. The number of thiophene rings is 2. The third-order valence-corrected chi connectivity index (χ3v) is 12.3. The van der Waals surface area contributed by atoms with Gasteiger partial charge in [0.25, 0.3) is 0 Å². The summed E-state index contributed by atoms with van der Waals surface area (Å²) < 4.78 is 5.22. The van der Waals surface area contributed by atoms with Crippen LogP contribution in [0.15, 0.2) is 188 Å². The van der Waals surface area contributed by atoms with Crippen LogP contribution in [0.2, 0.25) is 0 Å². The summed E-state index contributed by atoms with van der Waals surface area (Å²) in [6.45, 7) is 0. The summed E-state index contributed by atoms with van der Waals surface area (Å²) in [5.74, 6) is 0. The lowest BCUT2D eigenvalue weighted by Gasteiger charge is -2.28. The molecule has 0 aliphatic heterocycles. The van der Waals surface area contributed by atoms with Crippen molar-refractivity contribution in [2.24, 2.45) is 0 Å². The smallest absolute Gasteiger partial charge is 0.0554 e. The van der Waals surface area contributed by atoms with Gasteiger partial charge in [-0.15, -0.1) is 22.7 Å². The first-order valence-electron chi connectivity index (χ1n) is 17.3. The number of anilines is 3. The Morgan fingerprint density at radius 2 is 0.922 bits per heavy atom. The van der Waals surface area contributed by atoms with Gasteiger partial charge < -0.3 is 4.90 Å². The molecule has 0 bridgehead atoms. The second-order valence-electron chi connectivity index (χ2n) is 12.9. The predicted octanol–water partition coefficient (Wildman–Crippen LogP) is 14.9. The Hall–Kier alpha value is -6.00. The topological polar surface area (TPSA) is 3.24 Å². The van der Waals surface area contributed by atoms with Crippen molar-refractivity contribution in [2.75, 3.05) is 4.90 Å². The highest BCUT2D eigenvalue weighted by atomic mass is 32.1. The molecule has 0 radical (unpaired) electrons. The molecule has 0 aliphatic carbocycles. The van der Waals surface area contributed by atoms with Crippen LogP contribution >= 0.6 is 22.7 Å². The number of benzene rings is 8. The Morgan fingerprint density at radius 1 is 0.333 bits per heavy atom. The summed E-state index contributed by atoms with van der Waals surface area (Å²) in [6.07, 6.45) is 0. The van der Waals surface area contributed by atoms with Crippen LogP contribution in [0.3, 0.4) is 0 Å². The zero-order valence-electron chi connectivity index (χ0n) is 27.7. The van der Waals surface area contributed by atoms with Gasteiger partial charge in [-0.1, -0.05) is 140 Å². The third-order valence-electron chi connectivity index (χ3n) is 9.89. The molecule has 2 heterocycles. The molecule has 2 aromatic heterocycles. The van der Waals surface area contributed by atoms with Crippen molar-refractivity contribution in [1.82, 2.24) is 0 Å². The molecule has 0 amide bonds. The largest absolute Gasteiger partial charge is 0.310 e. The second-order valence-corrected chi connectivity index (χ2v) is 15.0. The van der Waals surface area contributed by atoms with Gasteiger partial charge in [-0.25, -0.2) is 0 Å². The Morgan fingerprint density at radius 3 is 1.71 bits per heavy atom. The van der Waals surface area contributed by atoms with Crippen molar-refractivity contribution in [3.63, 3.8) is 0 Å². The van der Waals surface area contributed by atoms with Crippen LogP contribution < -0.4 is 4.90 Å². The maximum Gasteiger partial charge on any atom is 0.0554 e. The lowest BCUT2D eigenvalue weighted by molar-refractivity contribution is 1.30. The quantitative estimate of drug-likeness (QED) is 0.168. The zero-order chi connectivity index (χ0) is 33.7. The molecule has 10 rings (SSSR count). The van der Waals surface area contributed by atoms with E-state index in [4.69, 9.17) is 0 Å². The number of fused-ring (bicyclic) bond motifs is 6. The van der Waals surface area contributed by atoms with E-state index in [2.05, 4.69) is 193 Å². The van der Waals surface area contributed by atoms with Crippen LogP contribution in [-0.2, 0) is 0 Å². The standard InChI is InChI=1S/C48H31NS2/c1-3-13-32(14-4-1)33-25-27-35(28-26-33)49(43-21-12-24-46-47(43)41-18-8-10-23-45(41)50-46)36-29-30-37(34-15-5-2-6-16-34)42(31-36)40-20-11-19-39-38-17-7-9-22-44(38)51-48(39)40/h1-31H. The Labute approximate surface area is 304 Å². The van der Waals surface area contributed by atoms with Gasteiger partial charge in [0.15, 0.2) is 0 Å². The molecule has 3 heteroatoms. The highest BCUT2D eigenvalue weighted by Crippen LogP contribution is 2.48. The van der Waals surface area contributed by atoms with Crippen LogP contribution in [0.25, 0.3) is 73.7 Å². The number of hydrogen-bond donors (Lipinski definition) is 0. The van der Waals surface area contributed by atoms with E-state index in [1.807, 2.05) is 22.7 Å². The SMILES string of the molecule is c1ccc(-c2ccc(N(c3ccc(-c4ccccc4)c(-c4cccc5c4sc4ccccc45)c3)c3cccc4sc5ccccc5c34)cc2)cc1. The van der Waals surface area contributed by atoms with Crippen LogP contribution in [0.4, 0.5) is 17.1 Å². The van der Waals surface area contributed by atoms with Gasteiger partial charge in [-0.3, -0.25) is 0 Å². The average Bonchev–Trinajstić information content (AvgIpc) is 3.78. The van der Waals surface area contributed by atoms with Crippen molar-refractivity contribution in [1.29, 1.82) is 0 Å². The summed E-state index contributed by atoms with van der Waals surface area (Å²) >= 11 is 3.75. The average molecular weight is 686 g/mol. The van der Waals surface area contributed by atoms with Crippen molar-refractivity contribution >= 4 is 80.1 Å². The number of nitrogens with zero attached hydrogens (tertiary/aromatic N) is 1. The molecule has 0 aliphatic rings. The molecule has 0 saturated heterocycles. The fourth-order valence-electron chi connectivity index (χ4n) is 7.53. The van der Waals surface area contributed by atoms with Gasteiger partial charge in [0.05, 0.1) is 5.69 Å². The zero-order valence-corrected chi connectivity index (χ0v) is 29.3. The first-order chi connectivity index (χ1) is 25.3. The normalized spacial score (nSPS) is 11.5. The van der Waals surface area contributed by atoms with E-state index in [0.29, 0.717) is 0 Å². The first kappa shape index (κ1) is 29.9. The van der Waals surface area contributed by atoms with E-state index in [0.717, 1.165) is 11.4 Å².